The number of halogens is 1. The highest BCUT2D eigenvalue weighted by Crippen LogP contribution is 2.30. The van der Waals surface area contributed by atoms with Gasteiger partial charge in [-0.1, -0.05) is 48.8 Å². The SMILES string of the molecule is CC1CCCCC1CI. The second kappa shape index (κ2) is 3.79. The van der Waals surface area contributed by atoms with Gasteiger partial charge in [0.25, 0.3) is 0 Å². The van der Waals surface area contributed by atoms with Crippen LogP contribution in [-0.4, -0.2) is 4.43 Å². The fraction of sp³-hybridized carbons (Fsp3) is 1.00. The van der Waals surface area contributed by atoms with Gasteiger partial charge in [-0.25, -0.2) is 0 Å². The number of hydrogen-bond acceptors (Lipinski definition) is 0. The lowest BCUT2D eigenvalue weighted by Crippen LogP contribution is -2.17. The average Bonchev–Trinajstić information content (AvgIpc) is 1.89. The van der Waals surface area contributed by atoms with E-state index in [2.05, 4.69) is 29.5 Å². The van der Waals surface area contributed by atoms with Crippen molar-refractivity contribution in [1.29, 1.82) is 0 Å². The highest BCUT2D eigenvalue weighted by atomic mass is 127. The quantitative estimate of drug-likeness (QED) is 0.486. The van der Waals surface area contributed by atoms with Crippen molar-refractivity contribution in [2.75, 3.05) is 4.43 Å². The largest absolute Gasteiger partial charge is 0.0861 e. The fourth-order valence-electron chi connectivity index (χ4n) is 1.62. The fourth-order valence-corrected chi connectivity index (χ4v) is 2.93. The Hall–Kier alpha value is 0.730. The lowest BCUT2D eigenvalue weighted by molar-refractivity contribution is 0.285. The zero-order valence-corrected chi connectivity index (χ0v) is 8.23. The van der Waals surface area contributed by atoms with Gasteiger partial charge in [-0.15, -0.1) is 0 Å². The minimum atomic E-state index is 1.01. The molecule has 54 valence electrons. The second-order valence-corrected chi connectivity index (χ2v) is 4.06. The monoisotopic (exact) mass is 238 g/mol. The molecule has 0 radical (unpaired) electrons. The molecule has 0 aliphatic heterocycles. The van der Waals surface area contributed by atoms with Crippen molar-refractivity contribution in [3.63, 3.8) is 0 Å². The summed E-state index contributed by atoms with van der Waals surface area (Å²) in [7, 11) is 0. The van der Waals surface area contributed by atoms with Crippen molar-refractivity contribution in [2.45, 2.75) is 32.6 Å². The van der Waals surface area contributed by atoms with Crippen LogP contribution in [0.25, 0.3) is 0 Å². The third kappa shape index (κ3) is 2.10. The van der Waals surface area contributed by atoms with E-state index in [1.54, 1.807) is 0 Å². The van der Waals surface area contributed by atoms with E-state index in [9.17, 15) is 0 Å². The summed E-state index contributed by atoms with van der Waals surface area (Å²) in [6, 6.07) is 0. The summed E-state index contributed by atoms with van der Waals surface area (Å²) in [5.41, 5.74) is 0. The van der Waals surface area contributed by atoms with Crippen LogP contribution in [-0.2, 0) is 0 Å². The highest BCUT2D eigenvalue weighted by Gasteiger charge is 2.19. The van der Waals surface area contributed by atoms with E-state index < -0.39 is 0 Å². The van der Waals surface area contributed by atoms with Crippen LogP contribution in [0.3, 0.4) is 0 Å². The predicted octanol–water partition coefficient (Wildman–Crippen LogP) is 3.25. The van der Waals surface area contributed by atoms with Gasteiger partial charge < -0.3 is 0 Å². The predicted molar refractivity (Wildman–Crippen MR) is 50.0 cm³/mol. The normalized spacial score (nSPS) is 36.7. The molecule has 1 heteroatoms. The minimum absolute atomic E-state index is 1.01. The zero-order valence-electron chi connectivity index (χ0n) is 6.07. The number of rotatable bonds is 1. The molecular formula is C8H15I. The van der Waals surface area contributed by atoms with Gasteiger partial charge in [0.05, 0.1) is 0 Å². The summed E-state index contributed by atoms with van der Waals surface area (Å²) < 4.78 is 1.37. The van der Waals surface area contributed by atoms with Gasteiger partial charge in [-0.3, -0.25) is 0 Å². The van der Waals surface area contributed by atoms with Crippen LogP contribution in [0.1, 0.15) is 32.6 Å². The number of hydrogen-bond donors (Lipinski definition) is 0. The van der Waals surface area contributed by atoms with Crippen molar-refractivity contribution < 1.29 is 0 Å². The van der Waals surface area contributed by atoms with Gasteiger partial charge in [0.1, 0.15) is 0 Å². The Balaban J connectivity index is 2.30. The third-order valence-electron chi connectivity index (χ3n) is 2.49. The van der Waals surface area contributed by atoms with Crippen LogP contribution in [0.2, 0.25) is 0 Å². The first kappa shape index (κ1) is 7.83. The van der Waals surface area contributed by atoms with Crippen molar-refractivity contribution in [3.05, 3.63) is 0 Å². The van der Waals surface area contributed by atoms with Crippen molar-refractivity contribution >= 4 is 22.6 Å². The average molecular weight is 238 g/mol. The van der Waals surface area contributed by atoms with E-state index in [0.717, 1.165) is 11.8 Å². The lowest BCUT2D eigenvalue weighted by atomic mass is 9.82. The molecule has 0 spiro atoms. The number of alkyl halides is 1. The maximum Gasteiger partial charge on any atom is 0.00262 e. The van der Waals surface area contributed by atoms with Gasteiger partial charge in [0, 0.05) is 4.43 Å². The molecule has 0 aromatic rings. The smallest absolute Gasteiger partial charge is 0.00262 e. The first-order chi connectivity index (χ1) is 4.34. The van der Waals surface area contributed by atoms with Gasteiger partial charge in [-0.2, -0.15) is 0 Å². The maximum absolute atomic E-state index is 2.52. The summed E-state index contributed by atoms with van der Waals surface area (Å²) in [6.07, 6.45) is 5.93. The molecule has 1 aliphatic carbocycles. The van der Waals surface area contributed by atoms with Crippen molar-refractivity contribution in [3.8, 4) is 0 Å². The maximum atomic E-state index is 2.52. The summed E-state index contributed by atoms with van der Waals surface area (Å²) in [5, 5.41) is 0. The lowest BCUT2D eigenvalue weighted by Gasteiger charge is -2.26. The molecule has 9 heavy (non-hydrogen) atoms. The Morgan fingerprint density at radius 1 is 1.33 bits per heavy atom. The summed E-state index contributed by atoms with van der Waals surface area (Å²) in [5.74, 6) is 2.05. The molecule has 1 saturated carbocycles. The minimum Gasteiger partial charge on any atom is -0.0861 e. The molecule has 0 N–H and O–H groups in total. The van der Waals surface area contributed by atoms with Crippen LogP contribution in [0, 0.1) is 11.8 Å². The summed E-state index contributed by atoms with van der Waals surface area (Å²) >= 11 is 2.52. The Kier molecular flexibility index (Phi) is 3.30. The van der Waals surface area contributed by atoms with Crippen molar-refractivity contribution in [1.82, 2.24) is 0 Å². The van der Waals surface area contributed by atoms with Crippen LogP contribution in [0.5, 0.6) is 0 Å². The first-order valence-electron chi connectivity index (χ1n) is 3.90. The molecule has 0 amide bonds. The second-order valence-electron chi connectivity index (χ2n) is 3.18. The molecule has 1 aliphatic rings. The van der Waals surface area contributed by atoms with Crippen molar-refractivity contribution in [2.24, 2.45) is 11.8 Å². The van der Waals surface area contributed by atoms with E-state index in [0.29, 0.717) is 0 Å². The summed E-state index contributed by atoms with van der Waals surface area (Å²) in [4.78, 5) is 0. The first-order valence-corrected chi connectivity index (χ1v) is 5.43. The third-order valence-corrected chi connectivity index (χ3v) is 3.62. The Bertz CT molecular complexity index is 80.6. The van der Waals surface area contributed by atoms with Gasteiger partial charge >= 0.3 is 0 Å². The van der Waals surface area contributed by atoms with Crippen LogP contribution < -0.4 is 0 Å². The molecule has 0 bridgehead atoms. The molecule has 0 heterocycles. The molecular weight excluding hydrogens is 223 g/mol. The van der Waals surface area contributed by atoms with E-state index in [1.807, 2.05) is 0 Å². The zero-order chi connectivity index (χ0) is 6.69. The molecule has 1 fully saturated rings. The standard InChI is InChI=1S/C8H15I/c1-7-4-2-3-5-8(7)6-9/h7-8H,2-6H2,1H3. The van der Waals surface area contributed by atoms with E-state index in [1.165, 1.54) is 30.1 Å². The molecule has 2 unspecified atom stereocenters. The molecule has 2 atom stereocenters. The topological polar surface area (TPSA) is 0 Å². The van der Waals surface area contributed by atoms with Crippen LogP contribution in [0.4, 0.5) is 0 Å². The van der Waals surface area contributed by atoms with Gasteiger partial charge in [0.15, 0.2) is 0 Å². The Morgan fingerprint density at radius 3 is 2.44 bits per heavy atom. The van der Waals surface area contributed by atoms with Gasteiger partial charge in [0.2, 0.25) is 0 Å². The highest BCUT2D eigenvalue weighted by molar-refractivity contribution is 14.1. The van der Waals surface area contributed by atoms with E-state index >= 15 is 0 Å². The molecule has 0 aromatic heterocycles. The molecule has 0 saturated heterocycles. The molecule has 0 aromatic carbocycles. The van der Waals surface area contributed by atoms with E-state index in [4.69, 9.17) is 0 Å². The van der Waals surface area contributed by atoms with Crippen LogP contribution >= 0.6 is 22.6 Å². The Labute approximate surface area is 71.5 Å². The molecule has 0 nitrogen and oxygen atoms in total. The summed E-state index contributed by atoms with van der Waals surface area (Å²) in [6.45, 7) is 2.41. The molecule has 1 rings (SSSR count). The van der Waals surface area contributed by atoms with Crippen LogP contribution in [0.15, 0.2) is 0 Å². The van der Waals surface area contributed by atoms with Gasteiger partial charge in [-0.05, 0) is 18.3 Å². The van der Waals surface area contributed by atoms with E-state index in [-0.39, 0.29) is 0 Å². The Morgan fingerprint density at radius 2 is 2.00 bits per heavy atom.